The molecule has 5 heteroatoms. The first-order chi connectivity index (χ1) is 13.5. The van der Waals surface area contributed by atoms with E-state index in [1.54, 1.807) is 11.9 Å². The van der Waals surface area contributed by atoms with E-state index in [1.165, 1.54) is 30.8 Å². The number of fused-ring (bicyclic) bond motifs is 1. The second-order valence-electron chi connectivity index (χ2n) is 7.74. The molecule has 2 heterocycles. The van der Waals surface area contributed by atoms with Crippen molar-refractivity contribution in [3.8, 4) is 11.3 Å². The van der Waals surface area contributed by atoms with Gasteiger partial charge in [0.25, 0.3) is 5.56 Å². The van der Waals surface area contributed by atoms with Crippen LogP contribution in [0.1, 0.15) is 18.4 Å². The highest BCUT2D eigenvalue weighted by atomic mass is 32.2. The Bertz CT molecular complexity index is 1020. The summed E-state index contributed by atoms with van der Waals surface area (Å²) in [5, 5.41) is 1.76. The molecule has 28 heavy (non-hydrogen) atoms. The van der Waals surface area contributed by atoms with Crippen LogP contribution < -0.4 is 5.56 Å². The molecule has 0 saturated carbocycles. The lowest BCUT2D eigenvalue weighted by Crippen LogP contribution is -2.39. The summed E-state index contributed by atoms with van der Waals surface area (Å²) in [4.78, 5) is 19.1. The lowest BCUT2D eigenvalue weighted by Gasteiger charge is -2.34. The zero-order valence-electron chi connectivity index (χ0n) is 16.7. The van der Waals surface area contributed by atoms with Gasteiger partial charge in [-0.3, -0.25) is 4.79 Å². The fourth-order valence-corrected chi connectivity index (χ4v) is 4.84. The van der Waals surface area contributed by atoms with Crippen LogP contribution in [0.4, 0.5) is 0 Å². The van der Waals surface area contributed by atoms with E-state index in [0.29, 0.717) is 6.04 Å². The Morgan fingerprint density at radius 3 is 2.50 bits per heavy atom. The van der Waals surface area contributed by atoms with Gasteiger partial charge in [0.1, 0.15) is 0 Å². The van der Waals surface area contributed by atoms with Gasteiger partial charge in [0.2, 0.25) is 0 Å². The summed E-state index contributed by atoms with van der Waals surface area (Å²) >= 11 is 1.81. The van der Waals surface area contributed by atoms with Crippen molar-refractivity contribution < 1.29 is 0 Å². The van der Waals surface area contributed by atoms with Crippen molar-refractivity contribution in [2.45, 2.75) is 30.7 Å². The average molecular weight is 394 g/mol. The SMILES string of the molecule is Cc1cccc2c(=O)[nH]c(-c3ccc(SN(C)C4CCN(C)CC4)cc3)cc12. The number of nitrogens with zero attached hydrogens (tertiary/aromatic N) is 2. The number of aromatic amines is 1. The zero-order chi connectivity index (χ0) is 19.7. The van der Waals surface area contributed by atoms with E-state index >= 15 is 0 Å². The molecule has 0 spiro atoms. The third-order valence-corrected chi connectivity index (χ3v) is 6.79. The first kappa shape index (κ1) is 19.2. The number of likely N-dealkylation sites (tertiary alicyclic amines) is 1. The highest BCUT2D eigenvalue weighted by Gasteiger charge is 2.21. The number of benzene rings is 2. The summed E-state index contributed by atoms with van der Waals surface area (Å²) in [5.74, 6) is 0. The predicted octanol–water partition coefficient (Wildman–Crippen LogP) is 4.54. The number of pyridine rings is 1. The fraction of sp³-hybridized carbons (Fsp3) is 0.348. The smallest absolute Gasteiger partial charge is 0.256 e. The van der Waals surface area contributed by atoms with Gasteiger partial charge in [-0.15, -0.1) is 0 Å². The summed E-state index contributed by atoms with van der Waals surface area (Å²) in [5.41, 5.74) is 2.99. The third-order valence-electron chi connectivity index (χ3n) is 5.72. The lowest BCUT2D eigenvalue weighted by molar-refractivity contribution is 0.205. The maximum atomic E-state index is 12.5. The minimum Gasteiger partial charge on any atom is -0.321 e. The van der Waals surface area contributed by atoms with E-state index in [1.807, 2.05) is 25.1 Å². The van der Waals surface area contributed by atoms with Crippen LogP contribution in [0.2, 0.25) is 0 Å². The largest absolute Gasteiger partial charge is 0.321 e. The van der Waals surface area contributed by atoms with Gasteiger partial charge in [-0.25, -0.2) is 4.31 Å². The Balaban J connectivity index is 1.53. The molecule has 0 bridgehead atoms. The number of rotatable bonds is 4. The zero-order valence-corrected chi connectivity index (χ0v) is 17.6. The monoisotopic (exact) mass is 393 g/mol. The summed E-state index contributed by atoms with van der Waals surface area (Å²) in [6.07, 6.45) is 2.44. The summed E-state index contributed by atoms with van der Waals surface area (Å²) in [6.45, 7) is 4.39. The second-order valence-corrected chi connectivity index (χ2v) is 8.97. The normalized spacial score (nSPS) is 16.1. The van der Waals surface area contributed by atoms with Crippen molar-refractivity contribution >= 4 is 22.7 Å². The Morgan fingerprint density at radius 2 is 1.79 bits per heavy atom. The van der Waals surface area contributed by atoms with Crippen LogP contribution in [-0.2, 0) is 0 Å². The summed E-state index contributed by atoms with van der Waals surface area (Å²) in [7, 11) is 4.39. The van der Waals surface area contributed by atoms with E-state index in [-0.39, 0.29) is 5.56 Å². The molecule has 4 nitrogen and oxygen atoms in total. The maximum Gasteiger partial charge on any atom is 0.256 e. The number of piperidine rings is 1. The minimum atomic E-state index is -0.0309. The molecule has 4 rings (SSSR count). The molecule has 1 saturated heterocycles. The Hall–Kier alpha value is -2.08. The molecule has 1 aliphatic heterocycles. The molecule has 0 atom stereocenters. The second kappa shape index (κ2) is 8.11. The van der Waals surface area contributed by atoms with Crippen molar-refractivity contribution in [2.75, 3.05) is 27.2 Å². The van der Waals surface area contributed by atoms with Crippen molar-refractivity contribution in [3.63, 3.8) is 0 Å². The quantitative estimate of drug-likeness (QED) is 0.661. The lowest BCUT2D eigenvalue weighted by atomic mass is 10.0. The van der Waals surface area contributed by atoms with Crippen molar-refractivity contribution in [3.05, 3.63) is 64.4 Å². The molecule has 1 aliphatic rings. The molecule has 1 N–H and O–H groups in total. The molecular weight excluding hydrogens is 366 g/mol. The molecule has 146 valence electrons. The third kappa shape index (κ3) is 4.02. The first-order valence-corrected chi connectivity index (χ1v) is 10.6. The van der Waals surface area contributed by atoms with Crippen LogP contribution in [0.25, 0.3) is 22.0 Å². The highest BCUT2D eigenvalue weighted by Crippen LogP contribution is 2.29. The maximum absolute atomic E-state index is 12.5. The Morgan fingerprint density at radius 1 is 1.07 bits per heavy atom. The highest BCUT2D eigenvalue weighted by molar-refractivity contribution is 7.97. The number of H-pyrrole nitrogens is 1. The van der Waals surface area contributed by atoms with Gasteiger partial charge in [-0.2, -0.15) is 0 Å². The van der Waals surface area contributed by atoms with E-state index < -0.39 is 0 Å². The Labute approximate surface area is 170 Å². The van der Waals surface area contributed by atoms with Gasteiger partial charge in [0.15, 0.2) is 0 Å². The van der Waals surface area contributed by atoms with Crippen LogP contribution in [0, 0.1) is 6.92 Å². The molecule has 0 unspecified atom stereocenters. The molecule has 1 aromatic heterocycles. The predicted molar refractivity (Wildman–Crippen MR) is 119 cm³/mol. The molecule has 0 amide bonds. The van der Waals surface area contributed by atoms with Crippen molar-refractivity contribution in [1.29, 1.82) is 0 Å². The number of hydrogen-bond acceptors (Lipinski definition) is 4. The van der Waals surface area contributed by atoms with E-state index in [2.05, 4.69) is 58.6 Å². The summed E-state index contributed by atoms with van der Waals surface area (Å²) in [6, 6.07) is 17.0. The van der Waals surface area contributed by atoms with Gasteiger partial charge in [0, 0.05) is 22.0 Å². The van der Waals surface area contributed by atoms with Crippen LogP contribution >= 0.6 is 11.9 Å². The van der Waals surface area contributed by atoms with Crippen LogP contribution in [0.3, 0.4) is 0 Å². The van der Waals surface area contributed by atoms with Crippen LogP contribution in [0.5, 0.6) is 0 Å². The molecular formula is C23H27N3OS. The molecule has 3 aromatic rings. The number of aryl methyl sites for hydroxylation is 1. The van der Waals surface area contributed by atoms with Crippen molar-refractivity contribution in [1.82, 2.24) is 14.2 Å². The van der Waals surface area contributed by atoms with Gasteiger partial charge in [-0.1, -0.05) is 24.3 Å². The fourth-order valence-electron chi connectivity index (χ4n) is 3.89. The molecule has 0 radical (unpaired) electrons. The van der Waals surface area contributed by atoms with Gasteiger partial charge in [0.05, 0.1) is 0 Å². The average Bonchev–Trinajstić information content (AvgIpc) is 2.70. The van der Waals surface area contributed by atoms with Crippen LogP contribution in [-0.4, -0.2) is 47.4 Å². The van der Waals surface area contributed by atoms with Gasteiger partial charge < -0.3 is 9.88 Å². The minimum absolute atomic E-state index is 0.0309. The molecule has 2 aromatic carbocycles. The molecule has 0 aliphatic carbocycles. The topological polar surface area (TPSA) is 39.3 Å². The summed E-state index contributed by atoms with van der Waals surface area (Å²) < 4.78 is 2.39. The van der Waals surface area contributed by atoms with E-state index in [4.69, 9.17) is 0 Å². The van der Waals surface area contributed by atoms with Crippen molar-refractivity contribution in [2.24, 2.45) is 0 Å². The number of aromatic nitrogens is 1. The van der Waals surface area contributed by atoms with Gasteiger partial charge in [-0.05, 0) is 99.7 Å². The first-order valence-electron chi connectivity index (χ1n) is 9.84. The van der Waals surface area contributed by atoms with E-state index in [9.17, 15) is 4.79 Å². The number of hydrogen-bond donors (Lipinski definition) is 1. The van der Waals surface area contributed by atoms with E-state index in [0.717, 1.165) is 27.6 Å². The Kier molecular flexibility index (Phi) is 5.58. The standard InChI is InChI=1S/C23H27N3OS/c1-16-5-4-6-20-21(16)15-22(24-23(20)27)17-7-9-19(10-8-17)28-26(3)18-11-13-25(2)14-12-18/h4-10,15,18H,11-14H2,1-3H3,(H,24,27). The van der Waals surface area contributed by atoms with Crippen LogP contribution in [0.15, 0.2) is 58.2 Å². The van der Waals surface area contributed by atoms with Gasteiger partial charge >= 0.3 is 0 Å². The number of nitrogens with one attached hydrogen (secondary N) is 1. The molecule has 1 fully saturated rings.